The quantitative estimate of drug-likeness (QED) is 0.397. The van der Waals surface area contributed by atoms with Gasteiger partial charge in [0.05, 0.1) is 26.4 Å². The first-order valence-electron chi connectivity index (χ1n) is 8.44. The Morgan fingerprint density at radius 2 is 1.43 bits per heavy atom. The third kappa shape index (κ3) is 2.73. The van der Waals surface area contributed by atoms with Gasteiger partial charge in [-0.05, 0) is 24.3 Å². The maximum Gasteiger partial charge on any atom is 0.282 e. The lowest BCUT2D eigenvalue weighted by Crippen LogP contribution is -2.51. The normalized spacial score (nSPS) is 12.7. The highest BCUT2D eigenvalue weighted by Crippen LogP contribution is 2.34. The van der Waals surface area contributed by atoms with Gasteiger partial charge in [0.2, 0.25) is 0 Å². The van der Waals surface area contributed by atoms with Crippen LogP contribution in [-0.2, 0) is 0 Å². The van der Waals surface area contributed by atoms with Crippen LogP contribution in [-0.4, -0.2) is 32.6 Å². The van der Waals surface area contributed by atoms with Crippen molar-refractivity contribution in [1.82, 2.24) is 10.4 Å². The topological polar surface area (TPSA) is 153 Å². The Hall–Kier alpha value is -4.67. The molecule has 0 radical (unpaired) electrons. The first kappa shape index (κ1) is 18.7. The molecule has 0 aliphatic carbocycles. The Kier molecular flexibility index (Phi) is 4.20. The molecule has 148 valence electrons. The number of hydrazine groups is 1. The standard InChI is InChI=1S/C19H10N4O7/c24-17(11-4-1-2-7-14(11)22(27)28)20-21-18(25)12-6-3-5-10-15(23(29)30)9-8-13(16(10)12)19(21)26/h1-9H,(H,20,24). The van der Waals surface area contributed by atoms with Crippen molar-refractivity contribution < 1.29 is 24.2 Å². The van der Waals surface area contributed by atoms with Crippen molar-refractivity contribution in [3.05, 3.63) is 91.5 Å². The number of benzene rings is 3. The molecule has 0 saturated carbocycles. The summed E-state index contributed by atoms with van der Waals surface area (Å²) in [6.07, 6.45) is 0. The summed E-state index contributed by atoms with van der Waals surface area (Å²) >= 11 is 0. The Labute approximate surface area is 166 Å². The zero-order valence-corrected chi connectivity index (χ0v) is 14.9. The largest absolute Gasteiger partial charge is 0.282 e. The second-order valence-electron chi connectivity index (χ2n) is 6.28. The number of carbonyl (C=O) groups excluding carboxylic acids is 3. The lowest BCUT2D eigenvalue weighted by molar-refractivity contribution is -0.385. The summed E-state index contributed by atoms with van der Waals surface area (Å²) in [5, 5.41) is 23.1. The van der Waals surface area contributed by atoms with E-state index in [2.05, 4.69) is 5.43 Å². The molecule has 0 atom stereocenters. The molecule has 11 nitrogen and oxygen atoms in total. The highest BCUT2D eigenvalue weighted by atomic mass is 16.6. The van der Waals surface area contributed by atoms with Crippen molar-refractivity contribution in [1.29, 1.82) is 0 Å². The number of rotatable bonds is 4. The fourth-order valence-corrected chi connectivity index (χ4v) is 3.33. The molecule has 3 aromatic rings. The monoisotopic (exact) mass is 406 g/mol. The van der Waals surface area contributed by atoms with Gasteiger partial charge in [-0.15, -0.1) is 0 Å². The molecule has 3 aromatic carbocycles. The summed E-state index contributed by atoms with van der Waals surface area (Å²) in [6.45, 7) is 0. The van der Waals surface area contributed by atoms with Gasteiger partial charge in [0.25, 0.3) is 29.1 Å². The summed E-state index contributed by atoms with van der Waals surface area (Å²) < 4.78 is 0. The van der Waals surface area contributed by atoms with Gasteiger partial charge in [0, 0.05) is 17.5 Å². The van der Waals surface area contributed by atoms with Gasteiger partial charge in [-0.1, -0.05) is 18.2 Å². The summed E-state index contributed by atoms with van der Waals surface area (Å²) in [4.78, 5) is 59.3. The molecule has 0 bridgehead atoms. The van der Waals surface area contributed by atoms with E-state index in [4.69, 9.17) is 0 Å². The molecule has 0 fully saturated rings. The fraction of sp³-hybridized carbons (Fsp3) is 0. The van der Waals surface area contributed by atoms with E-state index in [1.165, 1.54) is 42.5 Å². The van der Waals surface area contributed by atoms with Crippen LogP contribution in [0.15, 0.2) is 54.6 Å². The van der Waals surface area contributed by atoms with Crippen molar-refractivity contribution in [3.63, 3.8) is 0 Å². The van der Waals surface area contributed by atoms with Gasteiger partial charge in [0.1, 0.15) is 5.56 Å². The summed E-state index contributed by atoms with van der Waals surface area (Å²) in [7, 11) is 0. The number of nitro groups is 2. The molecule has 0 spiro atoms. The SMILES string of the molecule is O=C(NN1C(=O)c2cccc3c([N+](=O)[O-])ccc(c23)C1=O)c1ccccc1[N+](=O)[O-]. The maximum absolute atomic E-state index is 12.9. The van der Waals surface area contributed by atoms with Crippen LogP contribution in [0.3, 0.4) is 0 Å². The smallest absolute Gasteiger partial charge is 0.267 e. The lowest BCUT2D eigenvalue weighted by atomic mass is 9.94. The van der Waals surface area contributed by atoms with Crippen molar-refractivity contribution in [2.45, 2.75) is 0 Å². The molecule has 11 heteroatoms. The number of hydrogen-bond acceptors (Lipinski definition) is 7. The van der Waals surface area contributed by atoms with Gasteiger partial charge in [-0.3, -0.25) is 40.0 Å². The molecule has 4 rings (SSSR count). The summed E-state index contributed by atoms with van der Waals surface area (Å²) in [6, 6.07) is 11.6. The van der Waals surface area contributed by atoms with Crippen molar-refractivity contribution in [2.24, 2.45) is 0 Å². The zero-order valence-electron chi connectivity index (χ0n) is 14.9. The molecule has 1 heterocycles. The maximum atomic E-state index is 12.9. The molecule has 30 heavy (non-hydrogen) atoms. The number of amides is 3. The Bertz CT molecular complexity index is 1280. The second kappa shape index (κ2) is 6.74. The second-order valence-corrected chi connectivity index (χ2v) is 6.28. The third-order valence-corrected chi connectivity index (χ3v) is 4.64. The van der Waals surface area contributed by atoms with Gasteiger partial charge < -0.3 is 0 Å². The first-order valence-corrected chi connectivity index (χ1v) is 8.44. The van der Waals surface area contributed by atoms with Crippen molar-refractivity contribution in [2.75, 3.05) is 0 Å². The van der Waals surface area contributed by atoms with E-state index in [1.54, 1.807) is 0 Å². The van der Waals surface area contributed by atoms with E-state index in [9.17, 15) is 34.6 Å². The first-order chi connectivity index (χ1) is 14.3. The lowest BCUT2D eigenvalue weighted by Gasteiger charge is -2.27. The Morgan fingerprint density at radius 3 is 2.10 bits per heavy atom. The Balaban J connectivity index is 1.78. The number of carbonyl (C=O) groups is 3. The van der Waals surface area contributed by atoms with Gasteiger partial charge >= 0.3 is 0 Å². The predicted octanol–water partition coefficient (Wildman–Crippen LogP) is 2.60. The minimum absolute atomic E-state index is 0.0198. The third-order valence-electron chi connectivity index (χ3n) is 4.64. The number of nitrogens with zero attached hydrogens (tertiary/aromatic N) is 3. The molecule has 1 aliphatic rings. The molecule has 0 unspecified atom stereocenters. The van der Waals surface area contributed by atoms with Crippen molar-refractivity contribution in [3.8, 4) is 0 Å². The highest BCUT2D eigenvalue weighted by Gasteiger charge is 2.36. The minimum atomic E-state index is -1.03. The van der Waals surface area contributed by atoms with E-state index in [0.29, 0.717) is 5.01 Å². The molecular formula is C19H10N4O7. The van der Waals surface area contributed by atoms with E-state index in [-0.39, 0.29) is 33.2 Å². The molecule has 1 N–H and O–H groups in total. The van der Waals surface area contributed by atoms with Crippen LogP contribution in [0.4, 0.5) is 11.4 Å². The van der Waals surface area contributed by atoms with Crippen molar-refractivity contribution >= 4 is 39.9 Å². The van der Waals surface area contributed by atoms with Gasteiger partial charge in [-0.25, -0.2) is 0 Å². The number of imide groups is 1. The number of hydrogen-bond donors (Lipinski definition) is 1. The van der Waals surface area contributed by atoms with Crippen LogP contribution >= 0.6 is 0 Å². The molecule has 0 aromatic heterocycles. The van der Waals surface area contributed by atoms with E-state index in [1.807, 2.05) is 0 Å². The van der Waals surface area contributed by atoms with Crippen LogP contribution < -0.4 is 5.43 Å². The fourth-order valence-electron chi connectivity index (χ4n) is 3.33. The molecule has 1 aliphatic heterocycles. The van der Waals surface area contributed by atoms with E-state index < -0.39 is 33.3 Å². The van der Waals surface area contributed by atoms with Crippen LogP contribution in [0, 0.1) is 20.2 Å². The zero-order chi connectivity index (χ0) is 21.6. The van der Waals surface area contributed by atoms with Crippen LogP contribution in [0.5, 0.6) is 0 Å². The average Bonchev–Trinajstić information content (AvgIpc) is 2.74. The number of non-ortho nitro benzene ring substituents is 1. The van der Waals surface area contributed by atoms with Crippen LogP contribution in [0.1, 0.15) is 31.1 Å². The minimum Gasteiger partial charge on any atom is -0.267 e. The highest BCUT2D eigenvalue weighted by molar-refractivity contribution is 6.26. The van der Waals surface area contributed by atoms with Crippen LogP contribution in [0.25, 0.3) is 10.8 Å². The molecule has 3 amide bonds. The van der Waals surface area contributed by atoms with Gasteiger partial charge in [-0.2, -0.15) is 5.01 Å². The summed E-state index contributed by atoms with van der Waals surface area (Å²) in [5.74, 6) is -2.85. The Morgan fingerprint density at radius 1 is 0.800 bits per heavy atom. The number of nitro benzene ring substituents is 2. The average molecular weight is 406 g/mol. The van der Waals surface area contributed by atoms with E-state index >= 15 is 0 Å². The van der Waals surface area contributed by atoms with Crippen LogP contribution in [0.2, 0.25) is 0 Å². The molecular weight excluding hydrogens is 396 g/mol. The number of para-hydroxylation sites is 1. The molecule has 0 saturated heterocycles. The van der Waals surface area contributed by atoms with Gasteiger partial charge in [0.15, 0.2) is 0 Å². The summed E-state index contributed by atoms with van der Waals surface area (Å²) in [5.41, 5.74) is 0.966. The predicted molar refractivity (Wildman–Crippen MR) is 102 cm³/mol. The number of nitrogens with one attached hydrogen (secondary N) is 1. The van der Waals surface area contributed by atoms with E-state index in [0.717, 1.165) is 12.1 Å².